The van der Waals surface area contributed by atoms with Gasteiger partial charge < -0.3 is 10.2 Å². The summed E-state index contributed by atoms with van der Waals surface area (Å²) in [7, 11) is -3.83. The molecule has 0 bridgehead atoms. The maximum Gasteiger partial charge on any atom is 0.232 e. The second-order valence-electron chi connectivity index (χ2n) is 9.06. The number of benzene rings is 2. The SMILES string of the molecule is CCCS(=O)(=O)Nc1cc(F)cc(-c2cn(-c3ccc(N4CCNCC4)cc3)nc2-c2ccncc2)c1F. The van der Waals surface area contributed by atoms with Gasteiger partial charge in [0.2, 0.25) is 10.0 Å². The molecular weight excluding hydrogens is 510 g/mol. The van der Waals surface area contributed by atoms with E-state index in [1.165, 1.54) is 0 Å². The Hall–Kier alpha value is -3.83. The summed E-state index contributed by atoms with van der Waals surface area (Å²) in [6, 6.07) is 13.2. The quantitative estimate of drug-likeness (QED) is 0.345. The van der Waals surface area contributed by atoms with E-state index in [0.29, 0.717) is 23.2 Å². The Morgan fingerprint density at radius 1 is 0.974 bits per heavy atom. The molecular formula is C27H28F2N6O2S. The molecule has 0 saturated carbocycles. The highest BCUT2D eigenvalue weighted by Gasteiger charge is 2.22. The lowest BCUT2D eigenvalue weighted by Gasteiger charge is -2.29. The van der Waals surface area contributed by atoms with Gasteiger partial charge in [0.1, 0.15) is 11.5 Å². The van der Waals surface area contributed by atoms with Crippen molar-refractivity contribution >= 4 is 21.4 Å². The monoisotopic (exact) mass is 538 g/mol. The van der Waals surface area contributed by atoms with Gasteiger partial charge in [-0.2, -0.15) is 5.10 Å². The second kappa shape index (κ2) is 10.9. The van der Waals surface area contributed by atoms with Crippen LogP contribution in [0.4, 0.5) is 20.2 Å². The fraction of sp³-hybridized carbons (Fsp3) is 0.259. The molecule has 38 heavy (non-hydrogen) atoms. The van der Waals surface area contributed by atoms with Gasteiger partial charge in [0.05, 0.1) is 17.1 Å². The van der Waals surface area contributed by atoms with Crippen LogP contribution in [0.1, 0.15) is 13.3 Å². The fourth-order valence-electron chi connectivity index (χ4n) is 4.51. The maximum atomic E-state index is 15.7. The molecule has 0 aliphatic carbocycles. The van der Waals surface area contributed by atoms with Gasteiger partial charge in [-0.15, -0.1) is 0 Å². The van der Waals surface area contributed by atoms with E-state index >= 15 is 4.39 Å². The Bertz CT molecular complexity index is 1520. The van der Waals surface area contributed by atoms with Gasteiger partial charge in [-0.05, 0) is 48.9 Å². The minimum atomic E-state index is -3.83. The molecule has 0 amide bonds. The Labute approximate surface area is 220 Å². The predicted molar refractivity (Wildman–Crippen MR) is 145 cm³/mol. The maximum absolute atomic E-state index is 15.7. The molecule has 0 unspecified atom stereocenters. The van der Waals surface area contributed by atoms with Crippen molar-refractivity contribution in [2.45, 2.75) is 13.3 Å². The summed E-state index contributed by atoms with van der Waals surface area (Å²) in [6.07, 6.45) is 5.14. The zero-order valence-electron chi connectivity index (χ0n) is 20.9. The molecule has 1 aliphatic rings. The van der Waals surface area contributed by atoms with Crippen LogP contribution in [0, 0.1) is 11.6 Å². The molecule has 2 aromatic carbocycles. The van der Waals surface area contributed by atoms with E-state index in [9.17, 15) is 12.8 Å². The Morgan fingerprint density at radius 2 is 1.66 bits per heavy atom. The van der Waals surface area contributed by atoms with Gasteiger partial charge in [0, 0.05) is 73.2 Å². The first-order valence-corrected chi connectivity index (χ1v) is 14.1. The standard InChI is InChI=1S/C27H28F2N6O2S/c1-2-15-38(36,37)33-25-17-20(28)16-23(26(25)29)24-18-35(32-27(24)19-7-9-30-10-8-19)22-5-3-21(4-6-22)34-13-11-31-12-14-34/h3-10,16-18,31,33H,2,11-15H2,1H3. The van der Waals surface area contributed by atoms with Crippen LogP contribution in [0.25, 0.3) is 28.1 Å². The number of sulfonamides is 1. The molecule has 3 heterocycles. The summed E-state index contributed by atoms with van der Waals surface area (Å²) in [5, 5.41) is 8.05. The number of piperazine rings is 1. The molecule has 4 aromatic rings. The number of hydrogen-bond acceptors (Lipinski definition) is 6. The van der Waals surface area contributed by atoms with Gasteiger partial charge in [-0.25, -0.2) is 21.9 Å². The second-order valence-corrected chi connectivity index (χ2v) is 10.9. The normalized spacial score (nSPS) is 14.0. The molecule has 1 fully saturated rings. The molecule has 2 aromatic heterocycles. The van der Waals surface area contributed by atoms with Crippen LogP contribution < -0.4 is 14.9 Å². The van der Waals surface area contributed by atoms with E-state index in [1.54, 1.807) is 42.3 Å². The molecule has 8 nitrogen and oxygen atoms in total. The number of aromatic nitrogens is 3. The van der Waals surface area contributed by atoms with Crippen molar-refractivity contribution in [3.8, 4) is 28.1 Å². The number of rotatable bonds is 8. The van der Waals surface area contributed by atoms with E-state index in [4.69, 9.17) is 5.10 Å². The lowest BCUT2D eigenvalue weighted by atomic mass is 10.0. The van der Waals surface area contributed by atoms with Crippen LogP contribution in [0.2, 0.25) is 0 Å². The first kappa shape index (κ1) is 25.8. The average Bonchev–Trinajstić information content (AvgIpc) is 3.37. The van der Waals surface area contributed by atoms with Crippen molar-refractivity contribution in [1.82, 2.24) is 20.1 Å². The first-order chi connectivity index (χ1) is 18.3. The van der Waals surface area contributed by atoms with Crippen molar-refractivity contribution < 1.29 is 17.2 Å². The Balaban J connectivity index is 1.58. The van der Waals surface area contributed by atoms with E-state index in [2.05, 4.69) is 19.9 Å². The lowest BCUT2D eigenvalue weighted by Crippen LogP contribution is -2.43. The zero-order valence-corrected chi connectivity index (χ0v) is 21.7. The molecule has 0 spiro atoms. The van der Waals surface area contributed by atoms with Crippen LogP contribution in [-0.4, -0.2) is 55.1 Å². The molecule has 1 aliphatic heterocycles. The molecule has 1 saturated heterocycles. The van der Waals surface area contributed by atoms with Crippen molar-refractivity contribution in [1.29, 1.82) is 0 Å². The van der Waals surface area contributed by atoms with E-state index in [1.807, 2.05) is 24.3 Å². The lowest BCUT2D eigenvalue weighted by molar-refractivity contribution is 0.589. The van der Waals surface area contributed by atoms with Gasteiger partial charge in [0.25, 0.3) is 0 Å². The van der Waals surface area contributed by atoms with Crippen LogP contribution in [0.5, 0.6) is 0 Å². The summed E-state index contributed by atoms with van der Waals surface area (Å²) >= 11 is 0. The van der Waals surface area contributed by atoms with Gasteiger partial charge in [-0.3, -0.25) is 9.71 Å². The van der Waals surface area contributed by atoms with E-state index in [-0.39, 0.29) is 11.3 Å². The van der Waals surface area contributed by atoms with E-state index < -0.39 is 27.3 Å². The summed E-state index contributed by atoms with van der Waals surface area (Å²) < 4.78 is 58.8. The van der Waals surface area contributed by atoms with Crippen LogP contribution >= 0.6 is 0 Å². The fourth-order valence-corrected chi connectivity index (χ4v) is 5.64. The van der Waals surface area contributed by atoms with Gasteiger partial charge >= 0.3 is 0 Å². The highest BCUT2D eigenvalue weighted by atomic mass is 32.2. The van der Waals surface area contributed by atoms with Crippen molar-refractivity contribution in [3.05, 3.63) is 78.8 Å². The number of pyridine rings is 1. The van der Waals surface area contributed by atoms with Crippen LogP contribution in [0.15, 0.2) is 67.1 Å². The van der Waals surface area contributed by atoms with Crippen LogP contribution in [0.3, 0.4) is 0 Å². The number of halogens is 2. The summed E-state index contributed by atoms with van der Waals surface area (Å²) in [5.74, 6) is -1.86. The number of nitrogens with one attached hydrogen (secondary N) is 2. The molecule has 0 atom stereocenters. The predicted octanol–water partition coefficient (Wildman–Crippen LogP) is 4.44. The highest BCUT2D eigenvalue weighted by Crippen LogP contribution is 2.36. The van der Waals surface area contributed by atoms with Gasteiger partial charge in [0.15, 0.2) is 5.82 Å². The van der Waals surface area contributed by atoms with Crippen molar-refractivity contribution in [2.75, 3.05) is 41.6 Å². The Kier molecular flexibility index (Phi) is 7.39. The minimum absolute atomic E-state index is 0.102. The first-order valence-electron chi connectivity index (χ1n) is 12.4. The average molecular weight is 539 g/mol. The van der Waals surface area contributed by atoms with Crippen molar-refractivity contribution in [2.24, 2.45) is 0 Å². The molecule has 2 N–H and O–H groups in total. The zero-order chi connectivity index (χ0) is 26.7. The largest absolute Gasteiger partial charge is 0.369 e. The third-order valence-electron chi connectivity index (χ3n) is 6.33. The summed E-state index contributed by atoms with van der Waals surface area (Å²) in [6.45, 7) is 5.38. The van der Waals surface area contributed by atoms with E-state index in [0.717, 1.165) is 49.7 Å². The summed E-state index contributed by atoms with van der Waals surface area (Å²) in [5.41, 5.74) is 2.67. The van der Waals surface area contributed by atoms with Crippen LogP contribution in [-0.2, 0) is 10.0 Å². The topological polar surface area (TPSA) is 92.2 Å². The minimum Gasteiger partial charge on any atom is -0.369 e. The molecule has 198 valence electrons. The molecule has 11 heteroatoms. The third-order valence-corrected chi connectivity index (χ3v) is 7.81. The number of hydrogen-bond donors (Lipinski definition) is 2. The number of anilines is 2. The van der Waals surface area contributed by atoms with Crippen molar-refractivity contribution in [3.63, 3.8) is 0 Å². The number of nitrogens with zero attached hydrogens (tertiary/aromatic N) is 4. The smallest absolute Gasteiger partial charge is 0.232 e. The Morgan fingerprint density at radius 3 is 2.34 bits per heavy atom. The molecule has 0 radical (unpaired) electrons. The summed E-state index contributed by atoms with van der Waals surface area (Å²) in [4.78, 5) is 6.33. The third kappa shape index (κ3) is 5.53. The highest BCUT2D eigenvalue weighted by molar-refractivity contribution is 7.92. The van der Waals surface area contributed by atoms with Gasteiger partial charge in [-0.1, -0.05) is 6.92 Å². The molecule has 5 rings (SSSR count).